The number of rotatable bonds is 4. The summed E-state index contributed by atoms with van der Waals surface area (Å²) in [6, 6.07) is 7.62. The van der Waals surface area contributed by atoms with Gasteiger partial charge in [-0.1, -0.05) is 42.6 Å². The zero-order valence-corrected chi connectivity index (χ0v) is 18.8. The SMILES string of the molecule is O=C(Cc1csc(-c2ccccc2Cl)n1)N1CCC(C(=O)N2CCCCCC2)CC1. The Morgan fingerprint density at radius 2 is 1.70 bits per heavy atom. The molecule has 2 amide bonds. The molecule has 2 aliphatic heterocycles. The van der Waals surface area contributed by atoms with E-state index in [0.717, 1.165) is 55.0 Å². The van der Waals surface area contributed by atoms with Gasteiger partial charge in [0.1, 0.15) is 5.01 Å². The van der Waals surface area contributed by atoms with Crippen molar-refractivity contribution >= 4 is 34.8 Å². The van der Waals surface area contributed by atoms with Gasteiger partial charge in [0.25, 0.3) is 0 Å². The molecule has 2 fully saturated rings. The van der Waals surface area contributed by atoms with E-state index < -0.39 is 0 Å². The van der Waals surface area contributed by atoms with Gasteiger partial charge in [-0.05, 0) is 31.7 Å². The third-order valence-corrected chi connectivity index (χ3v) is 7.36. The average molecular weight is 446 g/mol. The lowest BCUT2D eigenvalue weighted by atomic mass is 9.95. The van der Waals surface area contributed by atoms with Gasteiger partial charge in [-0.2, -0.15) is 0 Å². The molecule has 30 heavy (non-hydrogen) atoms. The monoisotopic (exact) mass is 445 g/mol. The van der Waals surface area contributed by atoms with E-state index >= 15 is 0 Å². The van der Waals surface area contributed by atoms with E-state index in [-0.39, 0.29) is 11.8 Å². The smallest absolute Gasteiger partial charge is 0.228 e. The Kier molecular flexibility index (Phi) is 7.05. The Balaban J connectivity index is 1.30. The minimum Gasteiger partial charge on any atom is -0.342 e. The molecule has 1 aromatic carbocycles. The first-order valence-electron chi connectivity index (χ1n) is 10.9. The van der Waals surface area contributed by atoms with Gasteiger partial charge in [0.15, 0.2) is 0 Å². The largest absolute Gasteiger partial charge is 0.342 e. The first-order chi connectivity index (χ1) is 14.6. The normalized spacial score (nSPS) is 18.3. The highest BCUT2D eigenvalue weighted by molar-refractivity contribution is 7.13. The number of thiazole rings is 1. The van der Waals surface area contributed by atoms with Crippen molar-refractivity contribution in [3.63, 3.8) is 0 Å². The van der Waals surface area contributed by atoms with E-state index in [1.807, 2.05) is 34.5 Å². The van der Waals surface area contributed by atoms with Crippen molar-refractivity contribution in [2.75, 3.05) is 26.2 Å². The van der Waals surface area contributed by atoms with Crippen LogP contribution in [-0.4, -0.2) is 52.8 Å². The van der Waals surface area contributed by atoms with Crippen LogP contribution >= 0.6 is 22.9 Å². The zero-order valence-electron chi connectivity index (χ0n) is 17.2. The number of likely N-dealkylation sites (tertiary alicyclic amines) is 2. The van der Waals surface area contributed by atoms with E-state index in [9.17, 15) is 9.59 Å². The van der Waals surface area contributed by atoms with Gasteiger partial charge in [0.05, 0.1) is 17.1 Å². The third kappa shape index (κ3) is 5.03. The number of piperidine rings is 1. The van der Waals surface area contributed by atoms with Crippen molar-refractivity contribution < 1.29 is 9.59 Å². The molecule has 160 valence electrons. The van der Waals surface area contributed by atoms with Gasteiger partial charge < -0.3 is 9.80 Å². The number of hydrogen-bond donors (Lipinski definition) is 0. The Bertz CT molecular complexity index is 884. The lowest BCUT2D eigenvalue weighted by Gasteiger charge is -2.34. The van der Waals surface area contributed by atoms with Crippen molar-refractivity contribution in [1.82, 2.24) is 14.8 Å². The van der Waals surface area contributed by atoms with Crippen LogP contribution in [-0.2, 0) is 16.0 Å². The maximum atomic E-state index is 12.8. The molecule has 0 radical (unpaired) electrons. The van der Waals surface area contributed by atoms with Crippen LogP contribution in [0.4, 0.5) is 0 Å². The highest BCUT2D eigenvalue weighted by Crippen LogP contribution is 2.30. The molecular formula is C23H28ClN3O2S. The first kappa shape index (κ1) is 21.3. The quantitative estimate of drug-likeness (QED) is 0.688. The van der Waals surface area contributed by atoms with Crippen LogP contribution in [0.2, 0.25) is 5.02 Å². The predicted octanol–water partition coefficient (Wildman–Crippen LogP) is 4.65. The number of hydrogen-bond acceptors (Lipinski definition) is 4. The number of carbonyl (C=O) groups excluding carboxylic acids is 2. The summed E-state index contributed by atoms with van der Waals surface area (Å²) in [5.41, 5.74) is 1.68. The van der Waals surface area contributed by atoms with Gasteiger partial charge in [0.2, 0.25) is 11.8 Å². The standard InChI is InChI=1S/C23H28ClN3O2S/c24-20-8-4-3-7-19(20)22-25-18(16-30-22)15-21(28)26-13-9-17(10-14-26)23(29)27-11-5-1-2-6-12-27/h3-4,7-8,16-17H,1-2,5-6,9-15H2. The molecule has 7 heteroatoms. The topological polar surface area (TPSA) is 53.5 Å². The highest BCUT2D eigenvalue weighted by atomic mass is 35.5. The van der Waals surface area contributed by atoms with E-state index in [1.54, 1.807) is 0 Å². The Hall–Kier alpha value is -1.92. The minimum absolute atomic E-state index is 0.0678. The summed E-state index contributed by atoms with van der Waals surface area (Å²) in [6.45, 7) is 3.11. The minimum atomic E-state index is 0.0678. The Morgan fingerprint density at radius 1 is 1.00 bits per heavy atom. The van der Waals surface area contributed by atoms with Crippen LogP contribution in [0.25, 0.3) is 10.6 Å². The van der Waals surface area contributed by atoms with Crippen LogP contribution in [0.1, 0.15) is 44.2 Å². The molecule has 2 saturated heterocycles. The molecular weight excluding hydrogens is 418 g/mol. The van der Waals surface area contributed by atoms with Crippen molar-refractivity contribution in [2.24, 2.45) is 5.92 Å². The lowest BCUT2D eigenvalue weighted by Crippen LogP contribution is -2.45. The van der Waals surface area contributed by atoms with E-state index in [2.05, 4.69) is 9.88 Å². The Morgan fingerprint density at radius 3 is 2.40 bits per heavy atom. The molecule has 0 unspecified atom stereocenters. The van der Waals surface area contributed by atoms with Crippen molar-refractivity contribution in [3.05, 3.63) is 40.4 Å². The molecule has 0 atom stereocenters. The fourth-order valence-corrected chi connectivity index (χ4v) is 5.48. The average Bonchev–Trinajstić information content (AvgIpc) is 3.05. The second-order valence-corrected chi connectivity index (χ2v) is 9.46. The van der Waals surface area contributed by atoms with Crippen molar-refractivity contribution in [1.29, 1.82) is 0 Å². The van der Waals surface area contributed by atoms with E-state index in [0.29, 0.717) is 30.4 Å². The van der Waals surface area contributed by atoms with Crippen molar-refractivity contribution in [2.45, 2.75) is 44.9 Å². The number of amides is 2. The fourth-order valence-electron chi connectivity index (χ4n) is 4.34. The first-order valence-corrected chi connectivity index (χ1v) is 12.1. The lowest BCUT2D eigenvalue weighted by molar-refractivity contribution is -0.140. The van der Waals surface area contributed by atoms with E-state index in [4.69, 9.17) is 11.6 Å². The summed E-state index contributed by atoms with van der Waals surface area (Å²) >= 11 is 7.77. The number of aromatic nitrogens is 1. The van der Waals surface area contributed by atoms with Crippen LogP contribution in [0.5, 0.6) is 0 Å². The molecule has 5 nitrogen and oxygen atoms in total. The highest BCUT2D eigenvalue weighted by Gasteiger charge is 2.30. The number of nitrogens with zero attached hydrogens (tertiary/aromatic N) is 3. The van der Waals surface area contributed by atoms with Crippen molar-refractivity contribution in [3.8, 4) is 10.6 Å². The molecule has 2 aliphatic rings. The molecule has 0 N–H and O–H groups in total. The molecule has 0 bridgehead atoms. The maximum Gasteiger partial charge on any atom is 0.228 e. The summed E-state index contributed by atoms with van der Waals surface area (Å²) in [6.07, 6.45) is 6.52. The molecule has 3 heterocycles. The molecule has 0 spiro atoms. The summed E-state index contributed by atoms with van der Waals surface area (Å²) in [4.78, 5) is 34.2. The molecule has 2 aromatic rings. The fraction of sp³-hybridized carbons (Fsp3) is 0.522. The second kappa shape index (κ2) is 9.92. The van der Waals surface area contributed by atoms with Gasteiger partial charge in [0, 0.05) is 43.0 Å². The molecule has 4 rings (SSSR count). The summed E-state index contributed by atoms with van der Waals surface area (Å²) < 4.78 is 0. The summed E-state index contributed by atoms with van der Waals surface area (Å²) in [7, 11) is 0. The molecule has 0 aliphatic carbocycles. The summed E-state index contributed by atoms with van der Waals surface area (Å²) in [5.74, 6) is 0.456. The third-order valence-electron chi connectivity index (χ3n) is 6.10. The van der Waals surface area contributed by atoms with Crippen LogP contribution in [0.15, 0.2) is 29.6 Å². The molecule has 1 aromatic heterocycles. The summed E-state index contributed by atoms with van der Waals surface area (Å²) in [5, 5.41) is 3.44. The van der Waals surface area contributed by atoms with Gasteiger partial charge in [-0.15, -0.1) is 11.3 Å². The number of benzene rings is 1. The van der Waals surface area contributed by atoms with E-state index in [1.165, 1.54) is 24.2 Å². The van der Waals surface area contributed by atoms with Gasteiger partial charge >= 0.3 is 0 Å². The maximum absolute atomic E-state index is 12.8. The second-order valence-electron chi connectivity index (χ2n) is 8.20. The van der Waals surface area contributed by atoms with Crippen LogP contribution in [0.3, 0.4) is 0 Å². The molecule has 0 saturated carbocycles. The van der Waals surface area contributed by atoms with Crippen LogP contribution < -0.4 is 0 Å². The predicted molar refractivity (Wildman–Crippen MR) is 121 cm³/mol. The number of halogens is 1. The number of carbonyl (C=O) groups is 2. The van der Waals surface area contributed by atoms with Gasteiger partial charge in [-0.3, -0.25) is 9.59 Å². The van der Waals surface area contributed by atoms with Crippen LogP contribution in [0, 0.1) is 5.92 Å². The van der Waals surface area contributed by atoms with Gasteiger partial charge in [-0.25, -0.2) is 4.98 Å². The Labute approximate surface area is 187 Å². The zero-order chi connectivity index (χ0) is 20.9.